The lowest BCUT2D eigenvalue weighted by Crippen LogP contribution is -2.27. The Balaban J connectivity index is 2.29. The van der Waals surface area contributed by atoms with Crippen LogP contribution in [0.3, 0.4) is 0 Å². The molecule has 0 bridgehead atoms. The van der Waals surface area contributed by atoms with Gasteiger partial charge in [-0.05, 0) is 30.0 Å². The summed E-state index contributed by atoms with van der Waals surface area (Å²) in [6.07, 6.45) is 0.215. The van der Waals surface area contributed by atoms with E-state index in [0.29, 0.717) is 25.5 Å². The number of carboxylic acid groups (broad SMARTS) is 1. The molecule has 0 atom stereocenters. The second kappa shape index (κ2) is 7.41. The first-order valence-corrected chi connectivity index (χ1v) is 6.22. The number of alkyl carbamates (subject to hydrolysis) is 1. The Morgan fingerprint density at radius 1 is 1.26 bits per heavy atom. The minimum Gasteiger partial charge on any atom is -0.478 e. The molecule has 1 aromatic rings. The van der Waals surface area contributed by atoms with E-state index in [-0.39, 0.29) is 5.56 Å². The number of rotatable bonds is 6. The first-order valence-electron chi connectivity index (χ1n) is 6.22. The Morgan fingerprint density at radius 3 is 2.42 bits per heavy atom. The summed E-state index contributed by atoms with van der Waals surface area (Å²) >= 11 is 0. The van der Waals surface area contributed by atoms with Gasteiger partial charge in [0.2, 0.25) is 0 Å². The Hall–Kier alpha value is -2.04. The van der Waals surface area contributed by atoms with Crippen molar-refractivity contribution in [3.8, 4) is 0 Å². The molecule has 1 rings (SSSR count). The summed E-state index contributed by atoms with van der Waals surface area (Å²) in [7, 11) is 0. The molecule has 0 saturated carbocycles. The van der Waals surface area contributed by atoms with E-state index in [1.807, 2.05) is 13.8 Å². The maximum absolute atomic E-state index is 11.3. The van der Waals surface area contributed by atoms with Crippen molar-refractivity contribution < 1.29 is 19.4 Å². The SMILES string of the molecule is CC(C)COC(=O)NCCc1ccc(C(=O)O)cc1. The van der Waals surface area contributed by atoms with Crippen LogP contribution in [0.1, 0.15) is 29.8 Å². The molecule has 0 saturated heterocycles. The molecule has 0 radical (unpaired) electrons. The van der Waals surface area contributed by atoms with Crippen LogP contribution in [-0.2, 0) is 11.2 Å². The monoisotopic (exact) mass is 265 g/mol. The number of carbonyl (C=O) groups excluding carboxylic acids is 1. The highest BCUT2D eigenvalue weighted by molar-refractivity contribution is 5.87. The predicted octanol–water partition coefficient (Wildman–Crippen LogP) is 2.31. The summed E-state index contributed by atoms with van der Waals surface area (Å²) in [6.45, 7) is 4.80. The van der Waals surface area contributed by atoms with E-state index in [1.165, 1.54) is 0 Å². The molecular weight excluding hydrogens is 246 g/mol. The summed E-state index contributed by atoms with van der Waals surface area (Å²) in [5.41, 5.74) is 1.22. The predicted molar refractivity (Wildman–Crippen MR) is 71.3 cm³/mol. The first-order chi connectivity index (χ1) is 8.99. The molecule has 0 aliphatic rings. The Bertz CT molecular complexity index is 426. The number of carboxylic acids is 1. The van der Waals surface area contributed by atoms with Crippen molar-refractivity contribution in [3.63, 3.8) is 0 Å². The number of hydrogen-bond acceptors (Lipinski definition) is 3. The number of benzene rings is 1. The molecule has 2 N–H and O–H groups in total. The van der Waals surface area contributed by atoms with Crippen LogP contribution in [0.5, 0.6) is 0 Å². The van der Waals surface area contributed by atoms with Crippen LogP contribution in [-0.4, -0.2) is 30.3 Å². The van der Waals surface area contributed by atoms with Crippen molar-refractivity contribution in [2.24, 2.45) is 5.92 Å². The maximum atomic E-state index is 11.3. The molecule has 5 heteroatoms. The highest BCUT2D eigenvalue weighted by atomic mass is 16.5. The molecule has 0 spiro atoms. The van der Waals surface area contributed by atoms with Crippen LogP contribution in [0.25, 0.3) is 0 Å². The van der Waals surface area contributed by atoms with Crippen molar-refractivity contribution in [3.05, 3.63) is 35.4 Å². The van der Waals surface area contributed by atoms with Crippen LogP contribution in [0, 0.1) is 5.92 Å². The number of ether oxygens (including phenoxy) is 1. The smallest absolute Gasteiger partial charge is 0.407 e. The molecule has 104 valence electrons. The standard InChI is InChI=1S/C14H19NO4/c1-10(2)9-19-14(18)15-8-7-11-3-5-12(6-4-11)13(16)17/h3-6,10H,7-9H2,1-2H3,(H,15,18)(H,16,17). The Kier molecular flexibility index (Phi) is 5.85. The van der Waals surface area contributed by atoms with Crippen molar-refractivity contribution in [2.45, 2.75) is 20.3 Å². The molecule has 0 aromatic heterocycles. The second-order valence-electron chi connectivity index (χ2n) is 4.67. The van der Waals surface area contributed by atoms with Crippen molar-refractivity contribution in [1.82, 2.24) is 5.32 Å². The average Bonchev–Trinajstić information content (AvgIpc) is 2.37. The van der Waals surface area contributed by atoms with Crippen LogP contribution in [0.4, 0.5) is 4.79 Å². The number of hydrogen-bond donors (Lipinski definition) is 2. The average molecular weight is 265 g/mol. The van der Waals surface area contributed by atoms with Gasteiger partial charge < -0.3 is 15.2 Å². The summed E-state index contributed by atoms with van der Waals surface area (Å²) < 4.78 is 4.96. The van der Waals surface area contributed by atoms with Crippen molar-refractivity contribution in [2.75, 3.05) is 13.2 Å². The van der Waals surface area contributed by atoms with Gasteiger partial charge in [-0.15, -0.1) is 0 Å². The van der Waals surface area contributed by atoms with Crippen LogP contribution in [0.2, 0.25) is 0 Å². The van der Waals surface area contributed by atoms with Gasteiger partial charge in [-0.3, -0.25) is 0 Å². The maximum Gasteiger partial charge on any atom is 0.407 e. The van der Waals surface area contributed by atoms with E-state index in [2.05, 4.69) is 5.32 Å². The Morgan fingerprint density at radius 2 is 1.89 bits per heavy atom. The minimum atomic E-state index is -0.943. The third kappa shape index (κ3) is 5.90. The summed E-state index contributed by atoms with van der Waals surface area (Å²) in [6, 6.07) is 6.58. The van der Waals surface area contributed by atoms with E-state index in [1.54, 1.807) is 24.3 Å². The van der Waals surface area contributed by atoms with Crippen molar-refractivity contribution >= 4 is 12.1 Å². The largest absolute Gasteiger partial charge is 0.478 e. The lowest BCUT2D eigenvalue weighted by atomic mass is 10.1. The zero-order chi connectivity index (χ0) is 14.3. The number of carbonyl (C=O) groups is 2. The molecule has 0 unspecified atom stereocenters. The Labute approximate surface area is 112 Å². The van der Waals surface area contributed by atoms with Crippen LogP contribution in [0.15, 0.2) is 24.3 Å². The van der Waals surface area contributed by atoms with Gasteiger partial charge in [0.05, 0.1) is 12.2 Å². The fourth-order valence-corrected chi connectivity index (χ4v) is 1.42. The summed E-state index contributed by atoms with van der Waals surface area (Å²) in [5, 5.41) is 11.4. The first kappa shape index (κ1) is 15.0. The van der Waals surface area contributed by atoms with Crippen LogP contribution < -0.4 is 5.32 Å². The summed E-state index contributed by atoms with van der Waals surface area (Å²) in [4.78, 5) is 21.9. The van der Waals surface area contributed by atoms with E-state index >= 15 is 0 Å². The van der Waals surface area contributed by atoms with Crippen molar-refractivity contribution in [1.29, 1.82) is 0 Å². The third-order valence-corrected chi connectivity index (χ3v) is 2.43. The quantitative estimate of drug-likeness (QED) is 0.827. The summed E-state index contributed by atoms with van der Waals surface area (Å²) in [5.74, 6) is -0.628. The molecule has 19 heavy (non-hydrogen) atoms. The zero-order valence-electron chi connectivity index (χ0n) is 11.2. The van der Waals surface area contributed by atoms with E-state index in [4.69, 9.17) is 9.84 Å². The van der Waals surface area contributed by atoms with E-state index in [9.17, 15) is 9.59 Å². The molecule has 1 amide bonds. The van der Waals surface area contributed by atoms with Gasteiger partial charge >= 0.3 is 12.1 Å². The number of nitrogens with one attached hydrogen (secondary N) is 1. The molecular formula is C14H19NO4. The van der Waals surface area contributed by atoms with Gasteiger partial charge in [0.15, 0.2) is 0 Å². The van der Waals surface area contributed by atoms with E-state index < -0.39 is 12.1 Å². The third-order valence-electron chi connectivity index (χ3n) is 2.43. The van der Waals surface area contributed by atoms with Gasteiger partial charge in [0.1, 0.15) is 0 Å². The fraction of sp³-hybridized carbons (Fsp3) is 0.429. The number of amides is 1. The fourth-order valence-electron chi connectivity index (χ4n) is 1.42. The molecule has 1 aromatic carbocycles. The molecule has 0 aliphatic carbocycles. The zero-order valence-corrected chi connectivity index (χ0v) is 11.2. The normalized spacial score (nSPS) is 10.3. The molecule has 0 aliphatic heterocycles. The van der Waals surface area contributed by atoms with Gasteiger partial charge in [-0.1, -0.05) is 26.0 Å². The highest BCUT2D eigenvalue weighted by Crippen LogP contribution is 2.04. The van der Waals surface area contributed by atoms with E-state index in [0.717, 1.165) is 5.56 Å². The molecule has 5 nitrogen and oxygen atoms in total. The topological polar surface area (TPSA) is 75.6 Å². The van der Waals surface area contributed by atoms with Crippen LogP contribution >= 0.6 is 0 Å². The molecule has 0 fully saturated rings. The van der Waals surface area contributed by atoms with Gasteiger partial charge in [0.25, 0.3) is 0 Å². The highest BCUT2D eigenvalue weighted by Gasteiger charge is 2.04. The lowest BCUT2D eigenvalue weighted by molar-refractivity contribution is 0.0697. The van der Waals surface area contributed by atoms with Gasteiger partial charge in [-0.2, -0.15) is 0 Å². The second-order valence-corrected chi connectivity index (χ2v) is 4.67. The van der Waals surface area contributed by atoms with Gasteiger partial charge in [0, 0.05) is 6.54 Å². The van der Waals surface area contributed by atoms with Gasteiger partial charge in [-0.25, -0.2) is 9.59 Å². The number of aromatic carboxylic acids is 1. The minimum absolute atomic E-state index is 0.257. The molecule has 0 heterocycles. The lowest BCUT2D eigenvalue weighted by Gasteiger charge is -2.08.